The van der Waals surface area contributed by atoms with Crippen LogP contribution in [0.25, 0.3) is 0 Å². The maximum Gasteiger partial charge on any atom is 0.224 e. The fraction of sp³-hybridized carbons (Fsp3) is 0.571. The Balaban J connectivity index is 2.47. The first-order valence-corrected chi connectivity index (χ1v) is 6.47. The van der Waals surface area contributed by atoms with Crippen molar-refractivity contribution < 1.29 is 4.79 Å². The molecule has 0 aromatic carbocycles. The van der Waals surface area contributed by atoms with Crippen LogP contribution in [0.3, 0.4) is 0 Å². The fourth-order valence-electron chi connectivity index (χ4n) is 1.46. The van der Waals surface area contributed by atoms with Crippen molar-refractivity contribution in [1.82, 2.24) is 4.98 Å². The van der Waals surface area contributed by atoms with E-state index in [1.807, 2.05) is 26.0 Å². The van der Waals surface area contributed by atoms with Gasteiger partial charge in [0.25, 0.3) is 0 Å². The lowest BCUT2D eigenvalue weighted by atomic mass is 10.1. The van der Waals surface area contributed by atoms with Gasteiger partial charge in [-0.25, -0.2) is 4.98 Å². The number of pyridine rings is 1. The first kappa shape index (κ1) is 14.5. The third-order valence-corrected chi connectivity index (χ3v) is 2.33. The van der Waals surface area contributed by atoms with Crippen molar-refractivity contribution >= 4 is 17.4 Å². The van der Waals surface area contributed by atoms with Crippen LogP contribution < -0.4 is 10.6 Å². The van der Waals surface area contributed by atoms with Gasteiger partial charge in [-0.1, -0.05) is 27.7 Å². The van der Waals surface area contributed by atoms with E-state index in [-0.39, 0.29) is 5.91 Å². The lowest BCUT2D eigenvalue weighted by molar-refractivity contribution is -0.116. The molecule has 0 spiro atoms. The average molecular weight is 249 g/mol. The van der Waals surface area contributed by atoms with Crippen LogP contribution in [-0.2, 0) is 4.79 Å². The molecule has 2 N–H and O–H groups in total. The number of hydrogen-bond acceptors (Lipinski definition) is 3. The molecule has 1 heterocycles. The molecule has 0 saturated carbocycles. The van der Waals surface area contributed by atoms with E-state index in [2.05, 4.69) is 29.5 Å². The summed E-state index contributed by atoms with van der Waals surface area (Å²) in [5, 5.41) is 6.07. The standard InChI is InChI=1S/C14H23N3O/c1-10(2)7-14(18)17-12-5-6-13(16-9-12)15-8-11(3)4/h5-6,9-11H,7-8H2,1-4H3,(H,15,16)(H,17,18). The van der Waals surface area contributed by atoms with Crippen molar-refractivity contribution in [2.24, 2.45) is 11.8 Å². The van der Waals surface area contributed by atoms with Crippen molar-refractivity contribution in [2.45, 2.75) is 34.1 Å². The van der Waals surface area contributed by atoms with E-state index in [0.29, 0.717) is 18.3 Å². The van der Waals surface area contributed by atoms with Crippen molar-refractivity contribution in [3.05, 3.63) is 18.3 Å². The van der Waals surface area contributed by atoms with Crippen LogP contribution in [0.4, 0.5) is 11.5 Å². The van der Waals surface area contributed by atoms with E-state index < -0.39 is 0 Å². The summed E-state index contributed by atoms with van der Waals surface area (Å²) in [6.45, 7) is 9.24. The number of hydrogen-bond donors (Lipinski definition) is 2. The molecule has 1 rings (SSSR count). The summed E-state index contributed by atoms with van der Waals surface area (Å²) < 4.78 is 0. The first-order chi connectivity index (χ1) is 8.47. The number of nitrogens with zero attached hydrogens (tertiary/aromatic N) is 1. The third kappa shape index (κ3) is 5.66. The molecule has 0 fully saturated rings. The maximum atomic E-state index is 11.6. The van der Waals surface area contributed by atoms with E-state index in [1.54, 1.807) is 6.20 Å². The molecule has 1 aromatic rings. The second-order valence-corrected chi connectivity index (χ2v) is 5.35. The molecule has 18 heavy (non-hydrogen) atoms. The zero-order chi connectivity index (χ0) is 13.5. The number of nitrogens with one attached hydrogen (secondary N) is 2. The molecule has 0 radical (unpaired) electrons. The Bertz CT molecular complexity index is 371. The van der Waals surface area contributed by atoms with Crippen LogP contribution in [0.1, 0.15) is 34.1 Å². The van der Waals surface area contributed by atoms with Gasteiger partial charge in [0.2, 0.25) is 5.91 Å². The fourth-order valence-corrected chi connectivity index (χ4v) is 1.46. The van der Waals surface area contributed by atoms with Crippen LogP contribution in [0.2, 0.25) is 0 Å². The Morgan fingerprint density at radius 3 is 2.44 bits per heavy atom. The Labute approximate surface area is 109 Å². The topological polar surface area (TPSA) is 54.0 Å². The Kier molecular flexibility index (Phi) is 5.62. The number of carbonyl (C=O) groups is 1. The summed E-state index contributed by atoms with van der Waals surface area (Å²) >= 11 is 0. The van der Waals surface area contributed by atoms with E-state index in [0.717, 1.165) is 18.1 Å². The molecule has 0 aliphatic heterocycles. The van der Waals surface area contributed by atoms with Gasteiger partial charge < -0.3 is 10.6 Å². The van der Waals surface area contributed by atoms with Gasteiger partial charge >= 0.3 is 0 Å². The zero-order valence-electron chi connectivity index (χ0n) is 11.7. The lowest BCUT2D eigenvalue weighted by Gasteiger charge is -2.10. The lowest BCUT2D eigenvalue weighted by Crippen LogP contribution is -2.14. The maximum absolute atomic E-state index is 11.6. The summed E-state index contributed by atoms with van der Waals surface area (Å²) in [5.74, 6) is 1.82. The monoisotopic (exact) mass is 249 g/mol. The largest absolute Gasteiger partial charge is 0.370 e. The molecule has 1 aromatic heterocycles. The molecular weight excluding hydrogens is 226 g/mol. The molecule has 0 aliphatic rings. The predicted molar refractivity (Wildman–Crippen MR) is 75.6 cm³/mol. The number of carbonyl (C=O) groups excluding carboxylic acids is 1. The quantitative estimate of drug-likeness (QED) is 0.814. The highest BCUT2D eigenvalue weighted by Gasteiger charge is 2.05. The third-order valence-electron chi connectivity index (χ3n) is 2.33. The van der Waals surface area contributed by atoms with Gasteiger partial charge in [0.1, 0.15) is 5.82 Å². The molecule has 0 atom stereocenters. The molecule has 1 amide bonds. The molecule has 4 nitrogen and oxygen atoms in total. The van der Waals surface area contributed by atoms with Crippen molar-refractivity contribution in [3.63, 3.8) is 0 Å². The Morgan fingerprint density at radius 2 is 1.94 bits per heavy atom. The van der Waals surface area contributed by atoms with Crippen LogP contribution in [0.5, 0.6) is 0 Å². The van der Waals surface area contributed by atoms with E-state index in [9.17, 15) is 4.79 Å². The van der Waals surface area contributed by atoms with Crippen molar-refractivity contribution in [2.75, 3.05) is 17.2 Å². The van der Waals surface area contributed by atoms with Gasteiger partial charge in [0.15, 0.2) is 0 Å². The van der Waals surface area contributed by atoms with Gasteiger partial charge in [-0.15, -0.1) is 0 Å². The highest BCUT2D eigenvalue weighted by atomic mass is 16.1. The Hall–Kier alpha value is -1.58. The predicted octanol–water partition coefficient (Wildman–Crippen LogP) is 3.13. The van der Waals surface area contributed by atoms with Gasteiger partial charge in [0.05, 0.1) is 11.9 Å². The molecule has 0 unspecified atom stereocenters. The summed E-state index contributed by atoms with van der Waals surface area (Å²) in [5.41, 5.74) is 0.746. The van der Waals surface area contributed by atoms with Crippen LogP contribution in [0.15, 0.2) is 18.3 Å². The zero-order valence-corrected chi connectivity index (χ0v) is 11.7. The highest BCUT2D eigenvalue weighted by Crippen LogP contribution is 2.11. The summed E-state index contributed by atoms with van der Waals surface area (Å²) in [6, 6.07) is 3.75. The van der Waals surface area contributed by atoms with Gasteiger partial charge in [0, 0.05) is 13.0 Å². The molecular formula is C14H23N3O. The van der Waals surface area contributed by atoms with E-state index in [4.69, 9.17) is 0 Å². The molecule has 0 bridgehead atoms. The van der Waals surface area contributed by atoms with Gasteiger partial charge in [-0.2, -0.15) is 0 Å². The van der Waals surface area contributed by atoms with Gasteiger partial charge in [-0.3, -0.25) is 4.79 Å². The van der Waals surface area contributed by atoms with Crippen LogP contribution in [0, 0.1) is 11.8 Å². The molecule has 4 heteroatoms. The second kappa shape index (κ2) is 6.99. The molecule has 100 valence electrons. The number of aromatic nitrogens is 1. The number of amides is 1. The Morgan fingerprint density at radius 1 is 1.22 bits per heavy atom. The summed E-state index contributed by atoms with van der Waals surface area (Å²) in [6.07, 6.45) is 2.22. The summed E-state index contributed by atoms with van der Waals surface area (Å²) in [4.78, 5) is 15.8. The van der Waals surface area contributed by atoms with Crippen LogP contribution in [-0.4, -0.2) is 17.4 Å². The molecule has 0 aliphatic carbocycles. The van der Waals surface area contributed by atoms with Crippen molar-refractivity contribution in [1.29, 1.82) is 0 Å². The van der Waals surface area contributed by atoms with Crippen molar-refractivity contribution in [3.8, 4) is 0 Å². The average Bonchev–Trinajstić information content (AvgIpc) is 2.26. The second-order valence-electron chi connectivity index (χ2n) is 5.35. The highest BCUT2D eigenvalue weighted by molar-refractivity contribution is 5.90. The minimum absolute atomic E-state index is 0.0367. The normalized spacial score (nSPS) is 10.8. The number of rotatable bonds is 6. The minimum Gasteiger partial charge on any atom is -0.370 e. The minimum atomic E-state index is 0.0367. The summed E-state index contributed by atoms with van der Waals surface area (Å²) in [7, 11) is 0. The SMILES string of the molecule is CC(C)CNc1ccc(NC(=O)CC(C)C)cn1. The van der Waals surface area contributed by atoms with E-state index >= 15 is 0 Å². The molecule has 0 saturated heterocycles. The number of anilines is 2. The van der Waals surface area contributed by atoms with Crippen LogP contribution >= 0.6 is 0 Å². The van der Waals surface area contributed by atoms with E-state index in [1.165, 1.54) is 0 Å². The smallest absolute Gasteiger partial charge is 0.224 e. The van der Waals surface area contributed by atoms with Gasteiger partial charge in [-0.05, 0) is 24.0 Å². The first-order valence-electron chi connectivity index (χ1n) is 6.47.